The normalized spacial score (nSPS) is 14.3. The Kier molecular flexibility index (Phi) is 5.81. The number of hydrogen-bond donors (Lipinski definition) is 0. The summed E-state index contributed by atoms with van der Waals surface area (Å²) in [5.41, 5.74) is 6.23. The smallest absolute Gasteiger partial charge is 0.264 e. The van der Waals surface area contributed by atoms with E-state index in [1.807, 2.05) is 85.8 Å². The number of anilines is 1. The number of hydrogen-bond acceptors (Lipinski definition) is 2. The summed E-state index contributed by atoms with van der Waals surface area (Å²) >= 11 is 6.36. The van der Waals surface area contributed by atoms with Gasteiger partial charge in [-0.1, -0.05) is 90.0 Å². The molecule has 6 aromatic rings. The average molecular weight is 561 g/mol. The first-order valence-corrected chi connectivity index (χ1v) is 14.9. The predicted molar refractivity (Wildman–Crippen MR) is 166 cm³/mol. The van der Waals surface area contributed by atoms with Gasteiger partial charge in [-0.25, -0.2) is 8.42 Å². The molecule has 1 aliphatic heterocycles. The van der Waals surface area contributed by atoms with Gasteiger partial charge in [0.1, 0.15) is 0 Å². The lowest BCUT2D eigenvalue weighted by Crippen LogP contribution is -2.32. The molecule has 0 saturated carbocycles. The zero-order chi connectivity index (χ0) is 27.4. The number of nitrogens with zero attached hydrogens (tertiary/aromatic N) is 2. The molecule has 1 aromatic heterocycles. The Labute approximate surface area is 238 Å². The first-order chi connectivity index (χ1) is 19.4. The van der Waals surface area contributed by atoms with Crippen molar-refractivity contribution in [2.45, 2.75) is 11.8 Å². The standard InChI is InChI=1S/C34H25ClN2O2S/c1-23-13-16-29(17-14-23)40(38,39)36-22-28(20-24-7-6-10-27(35)19-24)37-31-12-5-3-9-26(31)21-33(37)34-30-11-4-2-8-25(30)15-18-32(34)36/h2-21H,22H2,1H3. The maximum atomic E-state index is 14.4. The van der Waals surface area contributed by atoms with Gasteiger partial charge in [0, 0.05) is 21.7 Å². The molecular weight excluding hydrogens is 536 g/mol. The third kappa shape index (κ3) is 4.01. The molecule has 0 fully saturated rings. The van der Waals surface area contributed by atoms with Crippen LogP contribution in [0.4, 0.5) is 5.69 Å². The van der Waals surface area contributed by atoms with Crippen molar-refractivity contribution < 1.29 is 8.42 Å². The molecule has 1 aliphatic rings. The topological polar surface area (TPSA) is 42.3 Å². The Morgan fingerprint density at radius 1 is 0.775 bits per heavy atom. The van der Waals surface area contributed by atoms with E-state index in [9.17, 15) is 8.42 Å². The van der Waals surface area contributed by atoms with Crippen LogP contribution in [0.1, 0.15) is 11.1 Å². The minimum atomic E-state index is -3.91. The van der Waals surface area contributed by atoms with Gasteiger partial charge in [0.25, 0.3) is 10.0 Å². The number of benzene rings is 5. The molecule has 0 spiro atoms. The van der Waals surface area contributed by atoms with E-state index in [1.165, 1.54) is 0 Å². The van der Waals surface area contributed by atoms with E-state index < -0.39 is 10.0 Å². The van der Waals surface area contributed by atoms with Crippen LogP contribution in [0.3, 0.4) is 0 Å². The van der Waals surface area contributed by atoms with Gasteiger partial charge in [0.15, 0.2) is 0 Å². The largest absolute Gasteiger partial charge is 0.311 e. The fourth-order valence-corrected chi connectivity index (χ4v) is 7.29. The molecule has 0 N–H and O–H groups in total. The van der Waals surface area contributed by atoms with Crippen LogP contribution in [-0.4, -0.2) is 19.5 Å². The van der Waals surface area contributed by atoms with E-state index in [2.05, 4.69) is 34.9 Å². The summed E-state index contributed by atoms with van der Waals surface area (Å²) < 4.78 is 32.6. The van der Waals surface area contributed by atoms with Crippen molar-refractivity contribution in [2.24, 2.45) is 0 Å². The molecule has 6 heteroatoms. The number of aromatic nitrogens is 1. The molecule has 7 rings (SSSR count). The van der Waals surface area contributed by atoms with E-state index in [4.69, 9.17) is 11.6 Å². The van der Waals surface area contributed by atoms with Crippen LogP contribution in [0.25, 0.3) is 44.7 Å². The zero-order valence-corrected chi connectivity index (χ0v) is 23.3. The first kappa shape index (κ1) is 24.7. The van der Waals surface area contributed by atoms with E-state index in [0.29, 0.717) is 10.7 Å². The molecule has 0 radical (unpaired) electrons. The maximum absolute atomic E-state index is 14.4. The second-order valence-electron chi connectivity index (χ2n) is 10.1. The number of aryl methyl sites for hydroxylation is 1. The molecule has 0 atom stereocenters. The predicted octanol–water partition coefficient (Wildman–Crippen LogP) is 8.63. The summed E-state index contributed by atoms with van der Waals surface area (Å²) in [6.45, 7) is 2.09. The molecule has 0 amide bonds. The summed E-state index contributed by atoms with van der Waals surface area (Å²) in [6, 6.07) is 37.1. The lowest BCUT2D eigenvalue weighted by atomic mass is 10.00. The van der Waals surface area contributed by atoms with Gasteiger partial charge in [-0.2, -0.15) is 0 Å². The molecule has 196 valence electrons. The minimum absolute atomic E-state index is 0.139. The second-order valence-corrected chi connectivity index (χ2v) is 12.4. The number of rotatable bonds is 3. The van der Waals surface area contributed by atoms with Gasteiger partial charge in [-0.3, -0.25) is 4.31 Å². The maximum Gasteiger partial charge on any atom is 0.264 e. The van der Waals surface area contributed by atoms with Crippen LogP contribution in [0.15, 0.2) is 120 Å². The van der Waals surface area contributed by atoms with Gasteiger partial charge >= 0.3 is 0 Å². The number of fused-ring (bicyclic) bond motifs is 7. The molecule has 40 heavy (non-hydrogen) atoms. The Hall–Kier alpha value is -4.32. The van der Waals surface area contributed by atoms with Gasteiger partial charge in [-0.15, -0.1) is 0 Å². The van der Waals surface area contributed by atoms with Crippen LogP contribution < -0.4 is 4.31 Å². The fraction of sp³-hybridized carbons (Fsp3) is 0.0588. The summed E-state index contributed by atoms with van der Waals surface area (Å²) in [4.78, 5) is 0.260. The Bertz CT molecular complexity index is 2080. The van der Waals surface area contributed by atoms with Crippen molar-refractivity contribution in [2.75, 3.05) is 10.8 Å². The molecule has 5 aromatic carbocycles. The summed E-state index contributed by atoms with van der Waals surface area (Å²) in [7, 11) is -3.91. The van der Waals surface area contributed by atoms with E-state index in [-0.39, 0.29) is 11.4 Å². The zero-order valence-electron chi connectivity index (χ0n) is 21.8. The van der Waals surface area contributed by atoms with E-state index in [0.717, 1.165) is 49.8 Å². The van der Waals surface area contributed by atoms with Gasteiger partial charge in [0.2, 0.25) is 0 Å². The number of para-hydroxylation sites is 1. The summed E-state index contributed by atoms with van der Waals surface area (Å²) in [6.07, 6.45) is 2.04. The van der Waals surface area contributed by atoms with E-state index in [1.54, 1.807) is 16.4 Å². The van der Waals surface area contributed by atoms with Crippen molar-refractivity contribution >= 4 is 60.8 Å². The van der Waals surface area contributed by atoms with Crippen LogP contribution in [0.5, 0.6) is 0 Å². The Morgan fingerprint density at radius 3 is 2.33 bits per heavy atom. The number of sulfonamides is 1. The molecule has 0 unspecified atom stereocenters. The van der Waals surface area contributed by atoms with Gasteiger partial charge in [0.05, 0.1) is 28.3 Å². The highest BCUT2D eigenvalue weighted by atomic mass is 35.5. The van der Waals surface area contributed by atoms with Crippen LogP contribution in [0.2, 0.25) is 5.02 Å². The molecule has 0 saturated heterocycles. The van der Waals surface area contributed by atoms with Gasteiger partial charge in [-0.05, 0) is 71.8 Å². The van der Waals surface area contributed by atoms with Gasteiger partial charge < -0.3 is 4.57 Å². The monoisotopic (exact) mass is 560 g/mol. The third-order valence-electron chi connectivity index (χ3n) is 7.53. The van der Waals surface area contributed by atoms with E-state index >= 15 is 0 Å². The lowest BCUT2D eigenvalue weighted by Gasteiger charge is -2.26. The lowest BCUT2D eigenvalue weighted by molar-refractivity contribution is 0.593. The molecule has 0 aliphatic carbocycles. The highest BCUT2D eigenvalue weighted by Gasteiger charge is 2.33. The first-order valence-electron chi connectivity index (χ1n) is 13.1. The average Bonchev–Trinajstić information content (AvgIpc) is 3.27. The van der Waals surface area contributed by atoms with Crippen LogP contribution >= 0.6 is 11.6 Å². The van der Waals surface area contributed by atoms with Crippen molar-refractivity contribution in [1.82, 2.24) is 4.57 Å². The van der Waals surface area contributed by atoms with Crippen molar-refractivity contribution in [3.8, 4) is 11.3 Å². The highest BCUT2D eigenvalue weighted by molar-refractivity contribution is 7.92. The molecule has 0 bridgehead atoms. The second kappa shape index (κ2) is 9.40. The third-order valence-corrected chi connectivity index (χ3v) is 9.54. The fourth-order valence-electron chi connectivity index (χ4n) is 5.64. The number of halogens is 1. The van der Waals surface area contributed by atoms with Crippen LogP contribution in [-0.2, 0) is 10.0 Å². The Balaban J connectivity index is 1.59. The molecular formula is C34H25ClN2O2S. The van der Waals surface area contributed by atoms with Crippen LogP contribution in [0, 0.1) is 6.92 Å². The molecule has 2 heterocycles. The van der Waals surface area contributed by atoms with Crippen molar-refractivity contribution in [3.63, 3.8) is 0 Å². The summed E-state index contributed by atoms with van der Waals surface area (Å²) in [5, 5.41) is 3.76. The minimum Gasteiger partial charge on any atom is -0.311 e. The summed E-state index contributed by atoms with van der Waals surface area (Å²) in [5.74, 6) is 0. The quantitative estimate of drug-likeness (QED) is 0.217. The Morgan fingerprint density at radius 2 is 1.52 bits per heavy atom. The highest BCUT2D eigenvalue weighted by Crippen LogP contribution is 2.46. The van der Waals surface area contributed by atoms with Crippen molar-refractivity contribution in [1.29, 1.82) is 0 Å². The molecule has 4 nitrogen and oxygen atoms in total. The SMILES string of the molecule is Cc1ccc(S(=O)(=O)N2CC(=Cc3cccc(Cl)c3)n3c(cc4ccccc43)-c3c2ccc2ccccc32)cc1. The van der Waals surface area contributed by atoms with Crippen molar-refractivity contribution in [3.05, 3.63) is 131 Å².